The minimum atomic E-state index is -0.166. The van der Waals surface area contributed by atoms with Crippen molar-refractivity contribution in [3.8, 4) is 33.4 Å². The summed E-state index contributed by atoms with van der Waals surface area (Å²) in [5, 5.41) is 7.62. The second kappa shape index (κ2) is 14.4. The van der Waals surface area contributed by atoms with Crippen molar-refractivity contribution in [3.63, 3.8) is 0 Å². The zero-order chi connectivity index (χ0) is 42.3. The number of nitrogens with zero attached hydrogens (tertiary/aromatic N) is 2. The molecule has 62 heavy (non-hydrogen) atoms. The Hall–Kier alpha value is -6.90. The van der Waals surface area contributed by atoms with Crippen molar-refractivity contribution in [2.24, 2.45) is 7.05 Å². The maximum absolute atomic E-state index is 2.58. The molecule has 9 aromatic carbocycles. The molecule has 0 N–H and O–H groups in total. The van der Waals surface area contributed by atoms with E-state index in [1.807, 2.05) is 0 Å². The highest BCUT2D eigenvalue weighted by Gasteiger charge is 2.42. The molecule has 0 amide bonds. The van der Waals surface area contributed by atoms with Crippen molar-refractivity contribution in [1.29, 1.82) is 0 Å². The van der Waals surface area contributed by atoms with Crippen molar-refractivity contribution < 1.29 is 0 Å². The van der Waals surface area contributed by atoms with Gasteiger partial charge >= 0.3 is 0 Å². The number of aryl methyl sites for hydroxylation is 1. The van der Waals surface area contributed by atoms with E-state index in [0.717, 1.165) is 12.8 Å². The first-order valence-corrected chi connectivity index (χ1v) is 22.4. The second-order valence-electron chi connectivity index (χ2n) is 18.4. The summed E-state index contributed by atoms with van der Waals surface area (Å²) in [6.07, 6.45) is 2.00. The van der Waals surface area contributed by atoms with Crippen LogP contribution in [0.5, 0.6) is 0 Å². The molecule has 0 saturated heterocycles. The summed E-state index contributed by atoms with van der Waals surface area (Å²) in [7, 11) is 2.20. The summed E-state index contributed by atoms with van der Waals surface area (Å²) in [4.78, 5) is 2.58. The molecule has 0 radical (unpaired) electrons. The molecule has 0 spiro atoms. The number of aromatic nitrogens is 1. The Labute approximate surface area is 365 Å². The molecule has 1 aromatic heterocycles. The van der Waals surface area contributed by atoms with Crippen molar-refractivity contribution >= 4 is 60.4 Å². The van der Waals surface area contributed by atoms with Crippen LogP contribution in [0, 0.1) is 0 Å². The third-order valence-electron chi connectivity index (χ3n) is 14.2. The molecule has 0 fully saturated rings. The molecule has 1 heterocycles. The van der Waals surface area contributed by atoms with Gasteiger partial charge in [0.2, 0.25) is 0 Å². The Morgan fingerprint density at radius 2 is 1.11 bits per heavy atom. The lowest BCUT2D eigenvalue weighted by atomic mass is 9.73. The lowest BCUT2D eigenvalue weighted by Gasteiger charge is -2.33. The average molecular weight is 801 g/mol. The first kappa shape index (κ1) is 38.1. The van der Waals surface area contributed by atoms with E-state index in [4.69, 9.17) is 0 Å². The van der Waals surface area contributed by atoms with E-state index in [1.165, 1.54) is 110 Å². The zero-order valence-corrected chi connectivity index (χ0v) is 36.6. The number of rotatable bonds is 7. The van der Waals surface area contributed by atoms with Crippen LogP contribution in [-0.4, -0.2) is 4.57 Å². The molecule has 10 aromatic rings. The van der Waals surface area contributed by atoms with Gasteiger partial charge in [0, 0.05) is 39.8 Å². The minimum absolute atomic E-state index is 0.0126. The number of para-hydroxylation sites is 1. The standard InChI is InChI=1S/C60H52N2/c1-7-60(8-2)51-36-43(42-31-29-40-28-30-41(34-44(40)35-42)39-18-10-9-11-19-39)32-33-49(51)57-48-23-13-12-22-47(48)56(38-52(57)60)62(46-21-16-20-45(37-46)59(3,4)5)55-27-17-26-54-58(55)50-24-14-15-25-53(50)61(54)6/h9-38H,7-8H2,1-6H3. The number of hydrogen-bond donors (Lipinski definition) is 0. The van der Waals surface area contributed by atoms with E-state index in [0.29, 0.717) is 0 Å². The number of fused-ring (bicyclic) bond motifs is 9. The number of anilines is 3. The molecule has 1 aliphatic carbocycles. The first-order valence-electron chi connectivity index (χ1n) is 22.4. The van der Waals surface area contributed by atoms with Crippen LogP contribution >= 0.6 is 0 Å². The van der Waals surface area contributed by atoms with Gasteiger partial charge in [-0.1, -0.05) is 162 Å². The summed E-state index contributed by atoms with van der Waals surface area (Å²) in [6, 6.07) is 68.5. The highest BCUT2D eigenvalue weighted by atomic mass is 15.1. The Morgan fingerprint density at radius 1 is 0.484 bits per heavy atom. The first-order chi connectivity index (χ1) is 30.2. The van der Waals surface area contributed by atoms with Gasteiger partial charge in [0.1, 0.15) is 0 Å². The van der Waals surface area contributed by atoms with E-state index in [2.05, 4.69) is 233 Å². The Morgan fingerprint density at radius 3 is 1.85 bits per heavy atom. The lowest BCUT2D eigenvalue weighted by Crippen LogP contribution is -2.24. The molecule has 0 atom stereocenters. The smallest absolute Gasteiger partial charge is 0.0562 e. The maximum atomic E-state index is 2.58. The molecule has 2 nitrogen and oxygen atoms in total. The van der Waals surface area contributed by atoms with Crippen molar-refractivity contribution in [1.82, 2.24) is 4.57 Å². The van der Waals surface area contributed by atoms with Gasteiger partial charge in [-0.2, -0.15) is 0 Å². The highest BCUT2D eigenvalue weighted by molar-refractivity contribution is 6.18. The molecular weight excluding hydrogens is 749 g/mol. The Balaban J connectivity index is 1.14. The average Bonchev–Trinajstić information content (AvgIpc) is 3.77. The lowest BCUT2D eigenvalue weighted by molar-refractivity contribution is 0.491. The molecule has 0 unspecified atom stereocenters. The SMILES string of the molecule is CCC1(CC)c2cc(-c3ccc4ccc(-c5ccccc5)cc4c3)ccc2-c2c1cc(N(c1cccc(C(C)(C)C)c1)c1cccc3c1c1ccccc1n3C)c1ccccc21. The Kier molecular flexibility index (Phi) is 8.81. The predicted molar refractivity (Wildman–Crippen MR) is 266 cm³/mol. The molecule has 1 aliphatic rings. The van der Waals surface area contributed by atoms with Gasteiger partial charge in [-0.25, -0.2) is 0 Å². The van der Waals surface area contributed by atoms with E-state index in [9.17, 15) is 0 Å². The van der Waals surface area contributed by atoms with Gasteiger partial charge in [-0.15, -0.1) is 0 Å². The molecule has 11 rings (SSSR count). The molecule has 0 aliphatic heterocycles. The van der Waals surface area contributed by atoms with Crippen LogP contribution in [0.1, 0.15) is 64.2 Å². The predicted octanol–water partition coefficient (Wildman–Crippen LogP) is 16.8. The van der Waals surface area contributed by atoms with Gasteiger partial charge in [-0.3, -0.25) is 0 Å². The van der Waals surface area contributed by atoms with Crippen LogP contribution in [0.3, 0.4) is 0 Å². The van der Waals surface area contributed by atoms with Crippen LogP contribution in [0.2, 0.25) is 0 Å². The fourth-order valence-corrected chi connectivity index (χ4v) is 10.8. The van der Waals surface area contributed by atoms with Crippen molar-refractivity contribution in [2.45, 2.75) is 58.3 Å². The normalized spacial score (nSPS) is 13.3. The van der Waals surface area contributed by atoms with E-state index >= 15 is 0 Å². The summed E-state index contributed by atoms with van der Waals surface area (Å²) in [5.74, 6) is 0. The van der Waals surface area contributed by atoms with E-state index < -0.39 is 0 Å². The van der Waals surface area contributed by atoms with Crippen LogP contribution in [0.4, 0.5) is 17.1 Å². The number of benzene rings is 9. The minimum Gasteiger partial charge on any atom is -0.344 e. The van der Waals surface area contributed by atoms with Gasteiger partial charge in [0.15, 0.2) is 0 Å². The molecule has 2 heteroatoms. The van der Waals surface area contributed by atoms with Crippen LogP contribution in [-0.2, 0) is 17.9 Å². The largest absolute Gasteiger partial charge is 0.344 e. The molecular formula is C60H52N2. The van der Waals surface area contributed by atoms with Crippen LogP contribution in [0.15, 0.2) is 182 Å². The van der Waals surface area contributed by atoms with Crippen LogP contribution < -0.4 is 4.90 Å². The zero-order valence-electron chi connectivity index (χ0n) is 36.6. The van der Waals surface area contributed by atoms with Gasteiger partial charge in [0.05, 0.1) is 16.9 Å². The third-order valence-corrected chi connectivity index (χ3v) is 14.2. The van der Waals surface area contributed by atoms with Crippen LogP contribution in [0.25, 0.3) is 76.7 Å². The quantitative estimate of drug-likeness (QED) is 0.156. The van der Waals surface area contributed by atoms with Crippen molar-refractivity contribution in [2.75, 3.05) is 4.90 Å². The third kappa shape index (κ3) is 5.77. The maximum Gasteiger partial charge on any atom is 0.0562 e. The molecule has 0 saturated carbocycles. The summed E-state index contributed by atoms with van der Waals surface area (Å²) < 4.78 is 2.35. The molecule has 0 bridgehead atoms. The summed E-state index contributed by atoms with van der Waals surface area (Å²) >= 11 is 0. The van der Waals surface area contributed by atoms with Gasteiger partial charge < -0.3 is 9.47 Å². The summed E-state index contributed by atoms with van der Waals surface area (Å²) in [5.41, 5.74) is 17.8. The van der Waals surface area contributed by atoms with E-state index in [1.54, 1.807) is 0 Å². The Bertz CT molecular complexity index is 3370. The topological polar surface area (TPSA) is 8.17 Å². The summed E-state index contributed by atoms with van der Waals surface area (Å²) in [6.45, 7) is 11.7. The fraction of sp³-hybridized carbons (Fsp3) is 0.167. The number of hydrogen-bond acceptors (Lipinski definition) is 1. The van der Waals surface area contributed by atoms with Gasteiger partial charge in [-0.05, 0) is 139 Å². The molecule has 302 valence electrons. The van der Waals surface area contributed by atoms with Crippen molar-refractivity contribution in [3.05, 3.63) is 199 Å². The second-order valence-corrected chi connectivity index (χ2v) is 18.4. The highest BCUT2D eigenvalue weighted by Crippen LogP contribution is 2.58. The van der Waals surface area contributed by atoms with E-state index in [-0.39, 0.29) is 10.8 Å². The monoisotopic (exact) mass is 800 g/mol. The van der Waals surface area contributed by atoms with Gasteiger partial charge in [0.25, 0.3) is 0 Å². The fourth-order valence-electron chi connectivity index (χ4n) is 10.8.